The van der Waals surface area contributed by atoms with E-state index in [1.165, 1.54) is 0 Å². The molecule has 4 heteroatoms. The van der Waals surface area contributed by atoms with Gasteiger partial charge in [-0.1, -0.05) is 12.1 Å². The van der Waals surface area contributed by atoms with Gasteiger partial charge in [-0.3, -0.25) is 0 Å². The molecule has 82 valence electrons. The summed E-state index contributed by atoms with van der Waals surface area (Å²) in [6, 6.07) is 7.69. The van der Waals surface area contributed by atoms with Gasteiger partial charge in [0, 0.05) is 15.2 Å². The molecule has 0 amide bonds. The molecule has 0 aliphatic heterocycles. The van der Waals surface area contributed by atoms with Crippen molar-refractivity contribution in [1.29, 1.82) is 0 Å². The van der Waals surface area contributed by atoms with Crippen molar-refractivity contribution in [3.63, 3.8) is 0 Å². The highest BCUT2D eigenvalue weighted by Crippen LogP contribution is 2.20. The molecule has 1 aromatic carbocycles. The number of hydrogen-bond donors (Lipinski definition) is 0. The van der Waals surface area contributed by atoms with Crippen LogP contribution in [0.25, 0.3) is 10.8 Å². The van der Waals surface area contributed by atoms with Gasteiger partial charge in [0.2, 0.25) is 0 Å². The summed E-state index contributed by atoms with van der Waals surface area (Å²) < 4.78 is 6.03. The highest BCUT2D eigenvalue weighted by atomic mass is 127. The molecule has 0 spiro atoms. The lowest BCUT2D eigenvalue weighted by Gasteiger charge is -2.03. The third-order valence-corrected chi connectivity index (χ3v) is 3.14. The van der Waals surface area contributed by atoms with Crippen molar-refractivity contribution in [2.45, 2.75) is 6.92 Å². The Morgan fingerprint density at radius 3 is 3.06 bits per heavy atom. The standard InChI is InChI=1S/C12H10INO2/c1-2-16-12(15)11-6-8-4-3-5-10(13)9(8)7-14-11/h3-7H,2H2,1H3. The molecule has 1 aromatic heterocycles. The Hall–Kier alpha value is -1.17. The highest BCUT2D eigenvalue weighted by molar-refractivity contribution is 14.1. The number of esters is 1. The number of pyridine rings is 1. The molecular formula is C12H10INO2. The first kappa shape index (κ1) is 11.3. The normalized spacial score (nSPS) is 10.4. The lowest BCUT2D eigenvalue weighted by molar-refractivity contribution is 0.0520. The molecule has 0 aliphatic rings. The van der Waals surface area contributed by atoms with Gasteiger partial charge in [-0.05, 0) is 47.0 Å². The molecular weight excluding hydrogens is 317 g/mol. The second-order valence-electron chi connectivity index (χ2n) is 3.25. The highest BCUT2D eigenvalue weighted by Gasteiger charge is 2.09. The van der Waals surface area contributed by atoms with E-state index in [2.05, 4.69) is 27.6 Å². The third-order valence-electron chi connectivity index (χ3n) is 2.20. The van der Waals surface area contributed by atoms with Crippen LogP contribution >= 0.6 is 22.6 Å². The van der Waals surface area contributed by atoms with Gasteiger partial charge in [-0.15, -0.1) is 0 Å². The van der Waals surface area contributed by atoms with Crippen LogP contribution in [0, 0.1) is 3.57 Å². The molecule has 3 nitrogen and oxygen atoms in total. The molecule has 16 heavy (non-hydrogen) atoms. The first-order valence-corrected chi connectivity index (χ1v) is 6.01. The van der Waals surface area contributed by atoms with E-state index >= 15 is 0 Å². The molecule has 1 heterocycles. The summed E-state index contributed by atoms with van der Waals surface area (Å²) in [7, 11) is 0. The van der Waals surface area contributed by atoms with Crippen molar-refractivity contribution >= 4 is 39.3 Å². The summed E-state index contributed by atoms with van der Waals surface area (Å²) in [5.41, 5.74) is 0.358. The van der Waals surface area contributed by atoms with Crippen molar-refractivity contribution in [3.05, 3.63) is 39.7 Å². The van der Waals surface area contributed by atoms with Crippen LogP contribution in [0.15, 0.2) is 30.5 Å². The van der Waals surface area contributed by atoms with Gasteiger partial charge in [0.1, 0.15) is 5.69 Å². The number of ether oxygens (including phenoxy) is 1. The fourth-order valence-electron chi connectivity index (χ4n) is 1.45. The molecule has 0 bridgehead atoms. The van der Waals surface area contributed by atoms with Crippen molar-refractivity contribution < 1.29 is 9.53 Å². The summed E-state index contributed by atoms with van der Waals surface area (Å²) in [6.07, 6.45) is 1.71. The molecule has 0 saturated carbocycles. The van der Waals surface area contributed by atoms with Crippen LogP contribution in [0.2, 0.25) is 0 Å². The topological polar surface area (TPSA) is 39.2 Å². The van der Waals surface area contributed by atoms with Gasteiger partial charge in [0.15, 0.2) is 0 Å². The second kappa shape index (κ2) is 4.78. The zero-order valence-corrected chi connectivity index (χ0v) is 10.9. The number of nitrogens with zero attached hydrogens (tertiary/aromatic N) is 1. The van der Waals surface area contributed by atoms with Gasteiger partial charge in [0.05, 0.1) is 6.61 Å². The van der Waals surface area contributed by atoms with E-state index in [1.54, 1.807) is 19.2 Å². The zero-order chi connectivity index (χ0) is 11.5. The SMILES string of the molecule is CCOC(=O)c1cc2cccc(I)c2cn1. The molecule has 0 saturated heterocycles. The first-order valence-electron chi connectivity index (χ1n) is 4.93. The number of hydrogen-bond acceptors (Lipinski definition) is 3. The van der Waals surface area contributed by atoms with Crippen LogP contribution < -0.4 is 0 Å². The number of carbonyl (C=O) groups is 1. The number of halogens is 1. The van der Waals surface area contributed by atoms with Crippen molar-refractivity contribution in [1.82, 2.24) is 4.98 Å². The first-order chi connectivity index (χ1) is 7.72. The van der Waals surface area contributed by atoms with Gasteiger partial charge in [-0.2, -0.15) is 0 Å². The average Bonchev–Trinajstić information content (AvgIpc) is 2.29. The average molecular weight is 327 g/mol. The van der Waals surface area contributed by atoms with Crippen LogP contribution in [0.1, 0.15) is 17.4 Å². The monoisotopic (exact) mass is 327 g/mol. The number of benzene rings is 1. The lowest BCUT2D eigenvalue weighted by Crippen LogP contribution is -2.06. The summed E-state index contributed by atoms with van der Waals surface area (Å²) in [5, 5.41) is 2.06. The Bertz CT molecular complexity index is 540. The van der Waals surface area contributed by atoms with Crippen LogP contribution in [0.4, 0.5) is 0 Å². The predicted octanol–water partition coefficient (Wildman–Crippen LogP) is 3.02. The fourth-order valence-corrected chi connectivity index (χ4v) is 2.11. The summed E-state index contributed by atoms with van der Waals surface area (Å²) in [4.78, 5) is 15.6. The van der Waals surface area contributed by atoms with E-state index in [9.17, 15) is 4.79 Å². The number of aromatic nitrogens is 1. The Morgan fingerprint density at radius 2 is 2.31 bits per heavy atom. The van der Waals surface area contributed by atoms with Crippen LogP contribution in [0.5, 0.6) is 0 Å². The Kier molecular flexibility index (Phi) is 3.38. The van der Waals surface area contributed by atoms with Gasteiger partial charge < -0.3 is 4.74 Å². The van der Waals surface area contributed by atoms with Crippen molar-refractivity contribution in [2.75, 3.05) is 6.61 Å². The molecule has 0 fully saturated rings. The molecule has 0 aliphatic carbocycles. The van der Waals surface area contributed by atoms with Crippen molar-refractivity contribution in [3.8, 4) is 0 Å². The maximum absolute atomic E-state index is 11.5. The van der Waals surface area contributed by atoms with E-state index in [4.69, 9.17) is 4.74 Å². The number of rotatable bonds is 2. The molecule has 0 N–H and O–H groups in total. The summed E-state index contributed by atoms with van der Waals surface area (Å²) in [5.74, 6) is -0.372. The molecule has 0 atom stereocenters. The number of carbonyl (C=O) groups excluding carboxylic acids is 1. The van der Waals surface area contributed by atoms with Gasteiger partial charge in [-0.25, -0.2) is 9.78 Å². The van der Waals surface area contributed by atoms with Gasteiger partial charge in [0.25, 0.3) is 0 Å². The van der Waals surface area contributed by atoms with E-state index < -0.39 is 0 Å². The van der Waals surface area contributed by atoms with E-state index in [0.29, 0.717) is 12.3 Å². The maximum atomic E-state index is 11.5. The Labute approximate surface area is 107 Å². The smallest absolute Gasteiger partial charge is 0.356 e. The summed E-state index contributed by atoms with van der Waals surface area (Å²) in [6.45, 7) is 2.15. The van der Waals surface area contributed by atoms with E-state index in [1.807, 2.05) is 18.2 Å². The van der Waals surface area contributed by atoms with Crippen LogP contribution in [0.3, 0.4) is 0 Å². The van der Waals surface area contributed by atoms with E-state index in [-0.39, 0.29) is 5.97 Å². The quantitative estimate of drug-likeness (QED) is 0.629. The minimum absolute atomic E-state index is 0.358. The fraction of sp³-hybridized carbons (Fsp3) is 0.167. The largest absolute Gasteiger partial charge is 0.461 e. The Morgan fingerprint density at radius 1 is 1.50 bits per heavy atom. The second-order valence-corrected chi connectivity index (χ2v) is 4.41. The lowest BCUT2D eigenvalue weighted by atomic mass is 10.1. The van der Waals surface area contributed by atoms with Crippen LogP contribution in [-0.2, 0) is 4.74 Å². The zero-order valence-electron chi connectivity index (χ0n) is 8.74. The maximum Gasteiger partial charge on any atom is 0.356 e. The molecule has 2 rings (SSSR count). The number of fused-ring (bicyclic) bond motifs is 1. The minimum Gasteiger partial charge on any atom is -0.461 e. The molecule has 0 unspecified atom stereocenters. The Balaban J connectivity index is 2.48. The van der Waals surface area contributed by atoms with Gasteiger partial charge >= 0.3 is 5.97 Å². The van der Waals surface area contributed by atoms with Crippen molar-refractivity contribution in [2.24, 2.45) is 0 Å². The third kappa shape index (κ3) is 2.16. The minimum atomic E-state index is -0.372. The predicted molar refractivity (Wildman–Crippen MR) is 70.4 cm³/mol. The molecule has 2 aromatic rings. The summed E-state index contributed by atoms with van der Waals surface area (Å²) >= 11 is 2.25. The van der Waals surface area contributed by atoms with E-state index in [0.717, 1.165) is 14.3 Å². The molecule has 0 radical (unpaired) electrons. The van der Waals surface area contributed by atoms with Crippen LogP contribution in [-0.4, -0.2) is 17.6 Å².